The van der Waals surface area contributed by atoms with Crippen molar-refractivity contribution in [1.82, 2.24) is 14.9 Å². The minimum absolute atomic E-state index is 0.203. The van der Waals surface area contributed by atoms with Gasteiger partial charge < -0.3 is 14.6 Å². The van der Waals surface area contributed by atoms with Crippen molar-refractivity contribution in [3.63, 3.8) is 0 Å². The number of rotatable bonds is 4. The van der Waals surface area contributed by atoms with Gasteiger partial charge in [-0.1, -0.05) is 0 Å². The Bertz CT molecular complexity index is 419. The van der Waals surface area contributed by atoms with Gasteiger partial charge in [0, 0.05) is 26.0 Å². The van der Waals surface area contributed by atoms with Crippen LogP contribution in [-0.4, -0.2) is 34.1 Å². The fourth-order valence-corrected chi connectivity index (χ4v) is 1.67. The summed E-state index contributed by atoms with van der Waals surface area (Å²) in [4.78, 5) is 14.8. The number of esters is 1. The lowest BCUT2D eigenvalue weighted by Gasteiger charge is -2.09. The highest BCUT2D eigenvalue weighted by Crippen LogP contribution is 2.30. The molecule has 7 heteroatoms. The molecule has 1 aliphatic rings. The Balaban J connectivity index is 1.77. The highest BCUT2D eigenvalue weighted by Gasteiger charge is 2.50. The van der Waals surface area contributed by atoms with Crippen molar-refractivity contribution in [2.75, 3.05) is 6.54 Å². The molecule has 1 fully saturated rings. The van der Waals surface area contributed by atoms with E-state index in [1.54, 1.807) is 12.4 Å². The zero-order valence-electron chi connectivity index (χ0n) is 9.32. The molecule has 1 N–H and O–H groups in total. The van der Waals surface area contributed by atoms with Crippen molar-refractivity contribution in [2.45, 2.75) is 25.0 Å². The summed E-state index contributed by atoms with van der Waals surface area (Å²) in [5.74, 6) is -3.97. The maximum atomic E-state index is 12.8. The van der Waals surface area contributed by atoms with E-state index in [1.165, 1.54) is 0 Å². The molecule has 0 saturated carbocycles. The summed E-state index contributed by atoms with van der Waals surface area (Å²) >= 11 is 0. The second kappa shape index (κ2) is 4.40. The van der Waals surface area contributed by atoms with Crippen molar-refractivity contribution >= 4 is 5.97 Å². The number of nitrogens with one attached hydrogen (secondary N) is 1. The number of aryl methyl sites for hydroxylation is 1. The van der Waals surface area contributed by atoms with Gasteiger partial charge in [0.05, 0.1) is 13.0 Å². The van der Waals surface area contributed by atoms with Crippen LogP contribution in [-0.2, 0) is 23.1 Å². The van der Waals surface area contributed by atoms with Gasteiger partial charge in [0.25, 0.3) is 0 Å². The Morgan fingerprint density at radius 3 is 3.00 bits per heavy atom. The van der Waals surface area contributed by atoms with Crippen LogP contribution in [0.4, 0.5) is 8.78 Å². The van der Waals surface area contributed by atoms with Gasteiger partial charge in [-0.2, -0.15) is 8.78 Å². The SMILES string of the molecule is Cn1ccnc1CNCC1CC(F)(F)C(=O)O1. The fourth-order valence-electron chi connectivity index (χ4n) is 1.67. The van der Waals surface area contributed by atoms with Crippen molar-refractivity contribution in [3.05, 3.63) is 18.2 Å². The van der Waals surface area contributed by atoms with Crippen LogP contribution in [0.5, 0.6) is 0 Å². The summed E-state index contributed by atoms with van der Waals surface area (Å²) in [7, 11) is 1.84. The smallest absolute Gasteiger partial charge is 0.377 e. The number of aromatic nitrogens is 2. The van der Waals surface area contributed by atoms with E-state index >= 15 is 0 Å². The van der Waals surface area contributed by atoms with Gasteiger partial charge in [-0.3, -0.25) is 0 Å². The molecule has 5 nitrogen and oxygen atoms in total. The molecule has 1 aromatic heterocycles. The van der Waals surface area contributed by atoms with Crippen LogP contribution in [0.2, 0.25) is 0 Å². The molecule has 0 aliphatic carbocycles. The van der Waals surface area contributed by atoms with Crippen molar-refractivity contribution in [2.24, 2.45) is 7.05 Å². The highest BCUT2D eigenvalue weighted by atomic mass is 19.3. The highest BCUT2D eigenvalue weighted by molar-refractivity contribution is 5.79. The molecular formula is C10H13F2N3O2. The molecule has 0 amide bonds. The van der Waals surface area contributed by atoms with E-state index in [0.29, 0.717) is 6.54 Å². The Morgan fingerprint density at radius 1 is 1.71 bits per heavy atom. The minimum Gasteiger partial charge on any atom is -0.456 e. The number of cyclic esters (lactones) is 1. The average molecular weight is 245 g/mol. The van der Waals surface area contributed by atoms with Crippen LogP contribution in [0.15, 0.2) is 12.4 Å². The third kappa shape index (κ3) is 2.60. The lowest BCUT2D eigenvalue weighted by Crippen LogP contribution is -2.27. The van der Waals surface area contributed by atoms with Gasteiger partial charge in [0.1, 0.15) is 11.9 Å². The van der Waals surface area contributed by atoms with Crippen LogP contribution in [0.25, 0.3) is 0 Å². The number of halogens is 2. The first-order chi connectivity index (χ1) is 7.99. The number of ether oxygens (including phenoxy) is 1. The zero-order chi connectivity index (χ0) is 12.5. The van der Waals surface area contributed by atoms with Crippen LogP contribution >= 0.6 is 0 Å². The van der Waals surface area contributed by atoms with Gasteiger partial charge >= 0.3 is 11.9 Å². The molecule has 0 spiro atoms. The third-order valence-corrected chi connectivity index (χ3v) is 2.63. The quantitative estimate of drug-likeness (QED) is 0.783. The predicted molar refractivity (Wildman–Crippen MR) is 54.4 cm³/mol. The molecule has 2 rings (SSSR count). The third-order valence-electron chi connectivity index (χ3n) is 2.63. The number of nitrogens with zero attached hydrogens (tertiary/aromatic N) is 2. The Kier molecular flexibility index (Phi) is 3.10. The largest absolute Gasteiger partial charge is 0.456 e. The minimum atomic E-state index is -3.34. The number of imidazole rings is 1. The molecule has 1 aromatic rings. The predicted octanol–water partition coefficient (Wildman–Crippen LogP) is 0.461. The van der Waals surface area contributed by atoms with E-state index in [0.717, 1.165) is 5.82 Å². The first kappa shape index (κ1) is 12.0. The molecule has 0 bridgehead atoms. The maximum absolute atomic E-state index is 12.8. The first-order valence-electron chi connectivity index (χ1n) is 5.25. The molecule has 2 heterocycles. The second-order valence-electron chi connectivity index (χ2n) is 4.02. The summed E-state index contributed by atoms with van der Waals surface area (Å²) in [6.07, 6.45) is 2.12. The first-order valence-corrected chi connectivity index (χ1v) is 5.25. The van der Waals surface area contributed by atoms with E-state index in [-0.39, 0.29) is 6.54 Å². The lowest BCUT2D eigenvalue weighted by molar-refractivity contribution is -0.159. The standard InChI is InChI=1S/C10H13F2N3O2/c1-15-3-2-14-8(15)6-13-5-7-4-10(11,12)9(16)17-7/h2-3,7,13H,4-6H2,1H3. The Labute approximate surface area is 96.8 Å². The number of carbonyl (C=O) groups excluding carboxylic acids is 1. The molecule has 1 unspecified atom stereocenters. The van der Waals surface area contributed by atoms with Crippen molar-refractivity contribution in [1.29, 1.82) is 0 Å². The maximum Gasteiger partial charge on any atom is 0.377 e. The fraction of sp³-hybridized carbons (Fsp3) is 0.600. The number of hydrogen-bond acceptors (Lipinski definition) is 4. The summed E-state index contributed by atoms with van der Waals surface area (Å²) in [5.41, 5.74) is 0. The van der Waals surface area contributed by atoms with Gasteiger partial charge in [-0.25, -0.2) is 9.78 Å². The van der Waals surface area contributed by atoms with Crippen LogP contribution < -0.4 is 5.32 Å². The molecular weight excluding hydrogens is 232 g/mol. The topological polar surface area (TPSA) is 56.2 Å². The van der Waals surface area contributed by atoms with Crippen molar-refractivity contribution in [3.8, 4) is 0 Å². The molecule has 1 saturated heterocycles. The average Bonchev–Trinajstić information content (AvgIpc) is 2.73. The molecule has 17 heavy (non-hydrogen) atoms. The summed E-state index contributed by atoms with van der Waals surface area (Å²) in [6.45, 7) is 0.650. The van der Waals surface area contributed by atoms with Crippen molar-refractivity contribution < 1.29 is 18.3 Å². The number of carbonyl (C=O) groups is 1. The van der Waals surface area contributed by atoms with Crippen LogP contribution in [0.1, 0.15) is 12.2 Å². The number of alkyl halides is 2. The Hall–Kier alpha value is -1.50. The Morgan fingerprint density at radius 2 is 2.47 bits per heavy atom. The van der Waals surface area contributed by atoms with Gasteiger partial charge in [0.15, 0.2) is 0 Å². The number of hydrogen-bond donors (Lipinski definition) is 1. The summed E-state index contributed by atoms with van der Waals surface area (Å²) in [5, 5.41) is 2.94. The van der Waals surface area contributed by atoms with E-state index in [9.17, 15) is 13.6 Å². The van der Waals surface area contributed by atoms with E-state index in [4.69, 9.17) is 0 Å². The van der Waals surface area contributed by atoms with Gasteiger partial charge in [-0.15, -0.1) is 0 Å². The summed E-state index contributed by atoms with van der Waals surface area (Å²) < 4.78 is 32.0. The molecule has 0 aromatic carbocycles. The zero-order valence-corrected chi connectivity index (χ0v) is 9.32. The van der Waals surface area contributed by atoms with E-state index in [1.807, 2.05) is 11.6 Å². The van der Waals surface area contributed by atoms with E-state index in [2.05, 4.69) is 15.0 Å². The van der Waals surface area contributed by atoms with Crippen LogP contribution in [0, 0.1) is 0 Å². The molecule has 1 atom stereocenters. The van der Waals surface area contributed by atoms with Gasteiger partial charge in [0.2, 0.25) is 0 Å². The van der Waals surface area contributed by atoms with E-state index < -0.39 is 24.4 Å². The summed E-state index contributed by atoms with van der Waals surface area (Å²) in [6, 6.07) is 0. The monoisotopic (exact) mass is 245 g/mol. The van der Waals surface area contributed by atoms with Gasteiger partial charge in [-0.05, 0) is 0 Å². The molecule has 94 valence electrons. The van der Waals surface area contributed by atoms with Crippen LogP contribution in [0.3, 0.4) is 0 Å². The lowest BCUT2D eigenvalue weighted by atomic mass is 10.2. The normalized spacial score (nSPS) is 22.8. The molecule has 0 radical (unpaired) electrons. The second-order valence-corrected chi connectivity index (χ2v) is 4.02. The molecule has 1 aliphatic heterocycles.